The van der Waals surface area contributed by atoms with Crippen LogP contribution in [0.25, 0.3) is 0 Å². The van der Waals surface area contributed by atoms with Crippen molar-refractivity contribution in [1.82, 2.24) is 10.2 Å². The number of hydrogen-bond acceptors (Lipinski definition) is 4. The lowest BCUT2D eigenvalue weighted by atomic mass is 10.1. The molecule has 7 nitrogen and oxygen atoms in total. The maximum absolute atomic E-state index is 13.5. The molecule has 0 heterocycles. The fourth-order valence-electron chi connectivity index (χ4n) is 3.99. The highest BCUT2D eigenvalue weighted by molar-refractivity contribution is 7.92. The van der Waals surface area contributed by atoms with E-state index in [0.717, 1.165) is 18.2 Å². The summed E-state index contributed by atoms with van der Waals surface area (Å²) in [4.78, 5) is 28.1. The summed E-state index contributed by atoms with van der Waals surface area (Å²) in [5.41, 5.74) is 2.08. The zero-order chi connectivity index (χ0) is 26.9. The molecule has 0 aliphatic rings. The van der Waals surface area contributed by atoms with Crippen molar-refractivity contribution in [2.24, 2.45) is 0 Å². The van der Waals surface area contributed by atoms with Crippen LogP contribution in [0.5, 0.6) is 0 Å². The Bertz CT molecular complexity index is 1130. The third kappa shape index (κ3) is 8.23. The zero-order valence-electron chi connectivity index (χ0n) is 21.8. The van der Waals surface area contributed by atoms with E-state index in [0.29, 0.717) is 35.7 Å². The van der Waals surface area contributed by atoms with Crippen molar-refractivity contribution < 1.29 is 18.0 Å². The first kappa shape index (κ1) is 29.6. The quantitative estimate of drug-likeness (QED) is 0.394. The Morgan fingerprint density at radius 2 is 1.69 bits per heavy atom. The molecule has 1 N–H and O–H groups in total. The summed E-state index contributed by atoms with van der Waals surface area (Å²) in [5, 5.41) is 3.47. The monoisotopic (exact) mass is 535 g/mol. The molecule has 2 amide bonds. The van der Waals surface area contributed by atoms with E-state index in [2.05, 4.69) is 5.32 Å². The molecule has 36 heavy (non-hydrogen) atoms. The Kier molecular flexibility index (Phi) is 11.2. The number of carbonyl (C=O) groups excluding carboxylic acids is 2. The molecular weight excluding hydrogens is 498 g/mol. The number of nitrogens with one attached hydrogen (secondary N) is 1. The molecule has 0 saturated heterocycles. The summed E-state index contributed by atoms with van der Waals surface area (Å²) in [6.45, 7) is 8.01. The number of carbonyl (C=O) groups is 2. The molecule has 0 spiro atoms. The van der Waals surface area contributed by atoms with Crippen molar-refractivity contribution >= 4 is 39.1 Å². The van der Waals surface area contributed by atoms with Crippen LogP contribution < -0.4 is 9.62 Å². The summed E-state index contributed by atoms with van der Waals surface area (Å²) in [6, 6.07) is 14.1. The second-order valence-electron chi connectivity index (χ2n) is 9.07. The van der Waals surface area contributed by atoms with Gasteiger partial charge in [-0.3, -0.25) is 13.9 Å². The topological polar surface area (TPSA) is 86.8 Å². The Morgan fingerprint density at radius 1 is 1.03 bits per heavy atom. The lowest BCUT2D eigenvalue weighted by Gasteiger charge is -2.32. The molecule has 0 aliphatic carbocycles. The fourth-order valence-corrected chi connectivity index (χ4v) is 5.17. The number of halogens is 1. The van der Waals surface area contributed by atoms with E-state index in [1.54, 1.807) is 30.0 Å². The first-order chi connectivity index (χ1) is 17.0. The fraction of sp³-hybridized carbons (Fsp3) is 0.481. The van der Waals surface area contributed by atoms with Gasteiger partial charge in [-0.25, -0.2) is 8.42 Å². The van der Waals surface area contributed by atoms with Gasteiger partial charge in [0.15, 0.2) is 0 Å². The highest BCUT2D eigenvalue weighted by atomic mass is 35.5. The molecular formula is C27H38ClN3O4S. The zero-order valence-corrected chi connectivity index (χ0v) is 23.4. The molecule has 2 atom stereocenters. The molecule has 0 fully saturated rings. The summed E-state index contributed by atoms with van der Waals surface area (Å²) in [5.74, 6) is -0.371. The van der Waals surface area contributed by atoms with E-state index in [1.165, 1.54) is 4.31 Å². The second kappa shape index (κ2) is 13.7. The van der Waals surface area contributed by atoms with Crippen molar-refractivity contribution in [1.29, 1.82) is 0 Å². The van der Waals surface area contributed by atoms with Gasteiger partial charge in [0.05, 0.1) is 11.9 Å². The molecule has 0 aromatic heterocycles. The van der Waals surface area contributed by atoms with E-state index >= 15 is 0 Å². The minimum absolute atomic E-state index is 0.00415. The standard InChI is InChI=1S/C27H38ClN3O4S/c1-6-20(3)29-27(33)24(7-2)30(19-22-13-9-8-10-14-22)26(32)17-12-18-31(36(5,34)35)25-16-11-15-23(28)21(25)4/h8-11,13-16,20,24H,6-7,12,17-19H2,1-5H3,(H,29,33)/t20-,24-/m1/s1. The van der Waals surface area contributed by atoms with E-state index in [1.807, 2.05) is 51.1 Å². The van der Waals surface area contributed by atoms with Crippen LogP contribution in [-0.4, -0.2) is 50.0 Å². The summed E-state index contributed by atoms with van der Waals surface area (Å²) in [6.07, 6.45) is 2.80. The van der Waals surface area contributed by atoms with Gasteiger partial charge in [-0.1, -0.05) is 61.8 Å². The summed E-state index contributed by atoms with van der Waals surface area (Å²) >= 11 is 6.22. The van der Waals surface area contributed by atoms with Gasteiger partial charge >= 0.3 is 0 Å². The van der Waals surface area contributed by atoms with Gasteiger partial charge in [0.1, 0.15) is 6.04 Å². The summed E-state index contributed by atoms with van der Waals surface area (Å²) < 4.78 is 26.4. The minimum Gasteiger partial charge on any atom is -0.352 e. The van der Waals surface area contributed by atoms with Crippen LogP contribution in [0.4, 0.5) is 5.69 Å². The van der Waals surface area contributed by atoms with Gasteiger partial charge in [0.25, 0.3) is 0 Å². The number of benzene rings is 2. The number of nitrogens with zero attached hydrogens (tertiary/aromatic N) is 2. The maximum atomic E-state index is 13.5. The van der Waals surface area contributed by atoms with Gasteiger partial charge in [-0.15, -0.1) is 0 Å². The van der Waals surface area contributed by atoms with Crippen LogP contribution >= 0.6 is 11.6 Å². The van der Waals surface area contributed by atoms with E-state index in [9.17, 15) is 18.0 Å². The largest absolute Gasteiger partial charge is 0.352 e. The van der Waals surface area contributed by atoms with E-state index in [4.69, 9.17) is 11.6 Å². The molecule has 0 aliphatic heterocycles. The predicted octanol–water partition coefficient (Wildman–Crippen LogP) is 4.92. The van der Waals surface area contributed by atoms with Crippen molar-refractivity contribution in [2.75, 3.05) is 17.1 Å². The van der Waals surface area contributed by atoms with Gasteiger partial charge in [-0.05, 0) is 56.4 Å². The third-order valence-electron chi connectivity index (χ3n) is 6.24. The molecule has 9 heteroatoms. The maximum Gasteiger partial charge on any atom is 0.243 e. The predicted molar refractivity (Wildman–Crippen MR) is 147 cm³/mol. The van der Waals surface area contributed by atoms with E-state index in [-0.39, 0.29) is 30.8 Å². The Labute approximate surface area is 220 Å². The minimum atomic E-state index is -3.59. The van der Waals surface area contributed by atoms with Crippen LogP contribution in [0.3, 0.4) is 0 Å². The van der Waals surface area contributed by atoms with Gasteiger partial charge in [-0.2, -0.15) is 0 Å². The molecule has 0 bridgehead atoms. The van der Waals surface area contributed by atoms with Crippen molar-refractivity contribution in [2.45, 2.75) is 72.0 Å². The average Bonchev–Trinajstić information content (AvgIpc) is 2.83. The first-order valence-corrected chi connectivity index (χ1v) is 14.6. The Hall–Kier alpha value is -2.58. The molecule has 2 rings (SSSR count). The van der Waals surface area contributed by atoms with Gasteiger partial charge < -0.3 is 10.2 Å². The normalized spacial score (nSPS) is 13.1. The smallest absolute Gasteiger partial charge is 0.243 e. The molecule has 0 unspecified atom stereocenters. The highest BCUT2D eigenvalue weighted by Crippen LogP contribution is 2.28. The number of sulfonamides is 1. The highest BCUT2D eigenvalue weighted by Gasteiger charge is 2.29. The van der Waals surface area contributed by atoms with Crippen molar-refractivity contribution in [3.05, 3.63) is 64.7 Å². The first-order valence-electron chi connectivity index (χ1n) is 12.4. The van der Waals surface area contributed by atoms with E-state index < -0.39 is 16.1 Å². The van der Waals surface area contributed by atoms with Crippen molar-refractivity contribution in [3.63, 3.8) is 0 Å². The number of amides is 2. The molecule has 0 saturated carbocycles. The SMILES string of the molecule is CC[C@@H](C)NC(=O)[C@@H](CC)N(Cc1ccccc1)C(=O)CCCN(c1cccc(Cl)c1C)S(C)(=O)=O. The Balaban J connectivity index is 2.23. The average molecular weight is 536 g/mol. The van der Waals surface area contributed by atoms with Crippen LogP contribution in [0, 0.1) is 6.92 Å². The van der Waals surface area contributed by atoms with Gasteiger partial charge in [0.2, 0.25) is 21.8 Å². The van der Waals surface area contributed by atoms with Crippen molar-refractivity contribution in [3.8, 4) is 0 Å². The van der Waals surface area contributed by atoms with Crippen LogP contribution in [-0.2, 0) is 26.2 Å². The molecule has 0 radical (unpaired) electrons. The molecule has 2 aromatic rings. The van der Waals surface area contributed by atoms with Gasteiger partial charge in [0, 0.05) is 30.6 Å². The number of rotatable bonds is 13. The lowest BCUT2D eigenvalue weighted by Crippen LogP contribution is -2.50. The molecule has 198 valence electrons. The second-order valence-corrected chi connectivity index (χ2v) is 11.4. The summed E-state index contributed by atoms with van der Waals surface area (Å²) in [7, 11) is -3.59. The van der Waals surface area contributed by atoms with Crippen LogP contribution in [0.15, 0.2) is 48.5 Å². The molecule has 2 aromatic carbocycles. The Morgan fingerprint density at radius 3 is 2.28 bits per heavy atom. The lowest BCUT2D eigenvalue weighted by molar-refractivity contribution is -0.141. The number of anilines is 1. The third-order valence-corrected chi connectivity index (χ3v) is 7.83. The van der Waals surface area contributed by atoms with Crippen LogP contribution in [0.1, 0.15) is 57.6 Å². The number of hydrogen-bond donors (Lipinski definition) is 1. The van der Waals surface area contributed by atoms with Crippen LogP contribution in [0.2, 0.25) is 5.02 Å².